The largest absolute Gasteiger partial charge is 0.507 e. The van der Waals surface area contributed by atoms with Crippen LogP contribution in [0.25, 0.3) is 0 Å². The molecule has 0 spiro atoms. The van der Waals surface area contributed by atoms with Gasteiger partial charge in [-0.1, -0.05) is 0 Å². The first kappa shape index (κ1) is 10.7. The predicted molar refractivity (Wildman–Crippen MR) is 52.0 cm³/mol. The second-order valence-electron chi connectivity index (χ2n) is 2.80. The van der Waals surface area contributed by atoms with Crippen molar-refractivity contribution < 1.29 is 19.7 Å². The van der Waals surface area contributed by atoms with E-state index < -0.39 is 0 Å². The third-order valence-corrected chi connectivity index (χ3v) is 1.98. The minimum atomic E-state index is -0.0315. The lowest BCUT2D eigenvalue weighted by Gasteiger charge is -2.11. The Hall–Kier alpha value is -1.42. The molecule has 1 aromatic carbocycles. The van der Waals surface area contributed by atoms with Gasteiger partial charge in [-0.05, 0) is 0 Å². The Kier molecular flexibility index (Phi) is 3.59. The average Bonchev–Trinajstić information content (AvgIpc) is 2.20. The predicted octanol–water partition coefficient (Wildman–Crippen LogP) is 0.944. The molecular formula is C10H14O4. The lowest BCUT2D eigenvalue weighted by Crippen LogP contribution is -1.97. The minimum absolute atomic E-state index is 0.0315. The second-order valence-corrected chi connectivity index (χ2v) is 2.80. The normalized spacial score (nSPS) is 9.93. The lowest BCUT2D eigenvalue weighted by molar-refractivity contribution is 0.293. The lowest BCUT2D eigenvalue weighted by atomic mass is 10.1. The number of rotatable bonds is 4. The molecule has 2 N–H and O–H groups in total. The molecule has 1 rings (SSSR count). The third kappa shape index (κ3) is 2.09. The van der Waals surface area contributed by atoms with Gasteiger partial charge in [-0.2, -0.15) is 0 Å². The molecule has 0 aromatic heterocycles. The zero-order chi connectivity index (χ0) is 10.6. The number of aromatic hydroxyl groups is 1. The molecule has 0 saturated heterocycles. The van der Waals surface area contributed by atoms with E-state index in [4.69, 9.17) is 14.6 Å². The average molecular weight is 198 g/mol. The van der Waals surface area contributed by atoms with Crippen LogP contribution in [-0.2, 0) is 6.42 Å². The number of ether oxygens (including phenoxy) is 2. The molecular weight excluding hydrogens is 184 g/mol. The summed E-state index contributed by atoms with van der Waals surface area (Å²) in [5.41, 5.74) is 0.593. The molecule has 0 unspecified atom stereocenters. The Labute approximate surface area is 82.7 Å². The number of hydrogen-bond acceptors (Lipinski definition) is 4. The molecule has 1 aromatic rings. The van der Waals surface area contributed by atoms with E-state index in [-0.39, 0.29) is 12.4 Å². The van der Waals surface area contributed by atoms with E-state index in [0.717, 1.165) is 0 Å². The molecule has 14 heavy (non-hydrogen) atoms. The molecule has 0 saturated carbocycles. The molecule has 0 amide bonds. The fourth-order valence-corrected chi connectivity index (χ4v) is 1.27. The van der Waals surface area contributed by atoms with Crippen molar-refractivity contribution in [1.29, 1.82) is 0 Å². The number of hydrogen-bond donors (Lipinski definition) is 2. The number of benzene rings is 1. The van der Waals surface area contributed by atoms with E-state index in [1.165, 1.54) is 20.3 Å². The number of methoxy groups -OCH3 is 2. The molecule has 0 atom stereocenters. The molecule has 0 fully saturated rings. The maximum atomic E-state index is 9.59. The molecule has 0 aliphatic carbocycles. The van der Waals surface area contributed by atoms with Crippen molar-refractivity contribution in [2.45, 2.75) is 6.42 Å². The number of phenols is 1. The molecule has 0 aliphatic heterocycles. The third-order valence-electron chi connectivity index (χ3n) is 1.98. The van der Waals surface area contributed by atoms with Gasteiger partial charge < -0.3 is 19.7 Å². The van der Waals surface area contributed by atoms with E-state index in [9.17, 15) is 5.11 Å². The summed E-state index contributed by atoms with van der Waals surface area (Å²) in [4.78, 5) is 0. The van der Waals surface area contributed by atoms with Gasteiger partial charge in [0.1, 0.15) is 17.2 Å². The molecule has 0 aliphatic rings. The van der Waals surface area contributed by atoms with Gasteiger partial charge >= 0.3 is 0 Å². The smallest absolute Gasteiger partial charge is 0.129 e. The molecule has 0 radical (unpaired) electrons. The summed E-state index contributed by atoms with van der Waals surface area (Å²) in [6.45, 7) is -0.0315. The highest BCUT2D eigenvalue weighted by molar-refractivity contribution is 5.50. The Morgan fingerprint density at radius 2 is 1.93 bits per heavy atom. The molecule has 4 nitrogen and oxygen atoms in total. The standard InChI is InChI=1S/C10H14O4/c1-13-7-5-9(12)8(3-4-11)10(6-7)14-2/h5-6,11-12H,3-4H2,1-2H3. The van der Waals surface area contributed by atoms with E-state index >= 15 is 0 Å². The van der Waals surface area contributed by atoms with Gasteiger partial charge in [-0.3, -0.25) is 0 Å². The van der Waals surface area contributed by atoms with Crippen LogP contribution in [0, 0.1) is 0 Å². The van der Waals surface area contributed by atoms with Gasteiger partial charge in [0.2, 0.25) is 0 Å². The molecule has 0 bridgehead atoms. The van der Waals surface area contributed by atoms with Crippen LogP contribution in [0.1, 0.15) is 5.56 Å². The van der Waals surface area contributed by atoms with Crippen LogP contribution in [0.4, 0.5) is 0 Å². The molecule has 4 heteroatoms. The second kappa shape index (κ2) is 4.72. The van der Waals surface area contributed by atoms with Gasteiger partial charge in [0.15, 0.2) is 0 Å². The van der Waals surface area contributed by atoms with Crippen LogP contribution in [0.2, 0.25) is 0 Å². The van der Waals surface area contributed by atoms with Gasteiger partial charge in [0, 0.05) is 30.7 Å². The topological polar surface area (TPSA) is 58.9 Å². The van der Waals surface area contributed by atoms with Crippen LogP contribution in [-0.4, -0.2) is 31.0 Å². The number of aliphatic hydroxyl groups excluding tert-OH is 1. The monoisotopic (exact) mass is 198 g/mol. The zero-order valence-electron chi connectivity index (χ0n) is 8.28. The summed E-state index contributed by atoms with van der Waals surface area (Å²) in [5.74, 6) is 1.13. The summed E-state index contributed by atoms with van der Waals surface area (Å²) >= 11 is 0. The van der Waals surface area contributed by atoms with Crippen molar-refractivity contribution in [2.75, 3.05) is 20.8 Å². The van der Waals surface area contributed by atoms with Crippen LogP contribution in [0.3, 0.4) is 0 Å². The summed E-state index contributed by atoms with van der Waals surface area (Å²) in [7, 11) is 3.02. The quantitative estimate of drug-likeness (QED) is 0.756. The number of phenolic OH excluding ortho intramolecular Hbond substituents is 1. The highest BCUT2D eigenvalue weighted by atomic mass is 16.5. The van der Waals surface area contributed by atoms with E-state index in [0.29, 0.717) is 23.5 Å². The Morgan fingerprint density at radius 1 is 1.21 bits per heavy atom. The summed E-state index contributed by atoms with van der Waals surface area (Å²) in [5, 5.41) is 18.4. The number of aliphatic hydroxyl groups is 1. The fourth-order valence-electron chi connectivity index (χ4n) is 1.27. The van der Waals surface area contributed by atoms with E-state index in [1.54, 1.807) is 6.07 Å². The van der Waals surface area contributed by atoms with Crippen molar-refractivity contribution >= 4 is 0 Å². The summed E-state index contributed by atoms with van der Waals surface area (Å²) in [6.07, 6.45) is 0.360. The van der Waals surface area contributed by atoms with Crippen molar-refractivity contribution in [3.05, 3.63) is 17.7 Å². The zero-order valence-corrected chi connectivity index (χ0v) is 8.28. The van der Waals surface area contributed by atoms with Crippen LogP contribution in [0.15, 0.2) is 12.1 Å². The van der Waals surface area contributed by atoms with Gasteiger partial charge in [-0.25, -0.2) is 0 Å². The first-order valence-electron chi connectivity index (χ1n) is 4.27. The molecule has 78 valence electrons. The summed E-state index contributed by atoms with van der Waals surface area (Å²) in [6, 6.07) is 3.16. The van der Waals surface area contributed by atoms with Crippen LogP contribution >= 0.6 is 0 Å². The van der Waals surface area contributed by atoms with Crippen molar-refractivity contribution in [1.82, 2.24) is 0 Å². The van der Waals surface area contributed by atoms with Gasteiger partial charge in [0.05, 0.1) is 14.2 Å². The Morgan fingerprint density at radius 3 is 2.43 bits per heavy atom. The van der Waals surface area contributed by atoms with Crippen LogP contribution in [0.5, 0.6) is 17.2 Å². The minimum Gasteiger partial charge on any atom is -0.507 e. The van der Waals surface area contributed by atoms with Crippen molar-refractivity contribution in [3.8, 4) is 17.2 Å². The first-order chi connectivity index (χ1) is 6.72. The van der Waals surface area contributed by atoms with Gasteiger partial charge in [0.25, 0.3) is 0 Å². The SMILES string of the molecule is COc1cc(O)c(CCO)c(OC)c1. The Bertz CT molecular complexity index is 309. The van der Waals surface area contributed by atoms with Crippen LogP contribution < -0.4 is 9.47 Å². The highest BCUT2D eigenvalue weighted by Gasteiger charge is 2.10. The first-order valence-corrected chi connectivity index (χ1v) is 4.27. The maximum Gasteiger partial charge on any atom is 0.129 e. The van der Waals surface area contributed by atoms with Gasteiger partial charge in [-0.15, -0.1) is 0 Å². The summed E-state index contributed by atoms with van der Waals surface area (Å²) < 4.78 is 10.0. The highest BCUT2D eigenvalue weighted by Crippen LogP contribution is 2.33. The van der Waals surface area contributed by atoms with E-state index in [2.05, 4.69) is 0 Å². The molecule has 0 heterocycles. The van der Waals surface area contributed by atoms with Crippen molar-refractivity contribution in [2.24, 2.45) is 0 Å². The Balaban J connectivity index is 3.13. The maximum absolute atomic E-state index is 9.59. The fraction of sp³-hybridized carbons (Fsp3) is 0.400. The van der Waals surface area contributed by atoms with Crippen molar-refractivity contribution in [3.63, 3.8) is 0 Å². The van der Waals surface area contributed by atoms with E-state index in [1.807, 2.05) is 0 Å².